The van der Waals surface area contributed by atoms with E-state index in [1.807, 2.05) is 0 Å². The first-order valence-electron chi connectivity index (χ1n) is 4.77. The molecule has 0 spiro atoms. The summed E-state index contributed by atoms with van der Waals surface area (Å²) < 4.78 is 13.4. The maximum absolute atomic E-state index is 13.4. The second-order valence-electron chi connectivity index (χ2n) is 3.34. The fourth-order valence-corrected chi connectivity index (χ4v) is 1.48. The molecule has 6 nitrogen and oxygen atoms in total. The van der Waals surface area contributed by atoms with Crippen LogP contribution in [0.1, 0.15) is 0 Å². The van der Waals surface area contributed by atoms with E-state index in [1.54, 1.807) is 12.3 Å². The van der Waals surface area contributed by atoms with Gasteiger partial charge in [-0.25, -0.2) is 9.38 Å². The minimum atomic E-state index is -0.333. The van der Waals surface area contributed by atoms with E-state index in [9.17, 15) is 4.39 Å². The number of aliphatic imine (C=N–C) groups is 2. The first-order valence-corrected chi connectivity index (χ1v) is 4.77. The monoisotopic (exact) mass is 234 g/mol. The summed E-state index contributed by atoms with van der Waals surface area (Å²) in [6, 6.07) is 4.40. The Morgan fingerprint density at radius 2 is 1.94 bits per heavy atom. The van der Waals surface area contributed by atoms with Crippen molar-refractivity contribution in [3.05, 3.63) is 30.2 Å². The van der Waals surface area contributed by atoms with Gasteiger partial charge in [-0.3, -0.25) is 0 Å². The molecule has 0 atom stereocenters. The topological polar surface area (TPSA) is 119 Å². The minimum Gasteiger partial charge on any atom is -0.370 e. The molecule has 0 fully saturated rings. The number of halogens is 1. The van der Waals surface area contributed by atoms with Crippen LogP contribution in [0.3, 0.4) is 0 Å². The normalized spacial score (nSPS) is 11.7. The second-order valence-corrected chi connectivity index (χ2v) is 3.34. The van der Waals surface area contributed by atoms with Gasteiger partial charge in [0.1, 0.15) is 5.82 Å². The summed E-state index contributed by atoms with van der Waals surface area (Å²) in [7, 11) is 0. The van der Waals surface area contributed by atoms with Crippen LogP contribution in [0.2, 0.25) is 0 Å². The Morgan fingerprint density at radius 3 is 2.65 bits per heavy atom. The van der Waals surface area contributed by atoms with Gasteiger partial charge in [0.25, 0.3) is 0 Å². The van der Waals surface area contributed by atoms with Gasteiger partial charge in [0, 0.05) is 11.6 Å². The summed E-state index contributed by atoms with van der Waals surface area (Å²) in [6.45, 7) is 0. The fraction of sp³-hybridized carbons (Fsp3) is 0. The molecule has 1 aromatic heterocycles. The lowest BCUT2D eigenvalue weighted by atomic mass is 10.2. The Hall–Kier alpha value is -2.57. The maximum Gasteiger partial charge on any atom is 0.223 e. The van der Waals surface area contributed by atoms with Crippen molar-refractivity contribution in [2.45, 2.75) is 0 Å². The van der Waals surface area contributed by atoms with Crippen molar-refractivity contribution < 1.29 is 4.39 Å². The third-order valence-corrected chi connectivity index (χ3v) is 2.13. The van der Waals surface area contributed by atoms with Crippen LogP contribution in [0.25, 0.3) is 10.9 Å². The number of nitrogens with zero attached hydrogens (tertiary/aromatic N) is 2. The molecule has 0 saturated heterocycles. The van der Waals surface area contributed by atoms with Crippen LogP contribution >= 0.6 is 0 Å². The van der Waals surface area contributed by atoms with Crippen LogP contribution in [0.15, 0.2) is 34.4 Å². The van der Waals surface area contributed by atoms with E-state index in [2.05, 4.69) is 15.0 Å². The van der Waals surface area contributed by atoms with Crippen molar-refractivity contribution in [1.29, 1.82) is 0 Å². The molecule has 0 bridgehead atoms. The fourth-order valence-electron chi connectivity index (χ4n) is 1.48. The number of hydrogen-bond donors (Lipinski definition) is 4. The summed E-state index contributed by atoms with van der Waals surface area (Å²) in [4.78, 5) is 10.4. The van der Waals surface area contributed by atoms with E-state index in [-0.39, 0.29) is 17.7 Å². The predicted octanol–water partition coefficient (Wildman–Crippen LogP) is 0.527. The van der Waals surface area contributed by atoms with E-state index in [4.69, 9.17) is 17.2 Å². The number of aromatic nitrogens is 1. The number of guanidine groups is 2. The third-order valence-electron chi connectivity index (χ3n) is 2.13. The van der Waals surface area contributed by atoms with Crippen molar-refractivity contribution in [3.63, 3.8) is 0 Å². The van der Waals surface area contributed by atoms with E-state index in [0.29, 0.717) is 16.6 Å². The molecule has 0 saturated carbocycles. The summed E-state index contributed by atoms with van der Waals surface area (Å²) in [5.74, 6) is -0.607. The number of benzene rings is 1. The van der Waals surface area contributed by atoms with Gasteiger partial charge in [-0.05, 0) is 18.2 Å². The zero-order chi connectivity index (χ0) is 12.4. The minimum absolute atomic E-state index is 0.0903. The Bertz CT molecular complexity index is 608. The van der Waals surface area contributed by atoms with E-state index < -0.39 is 0 Å². The number of fused-ring (bicyclic) bond motifs is 1. The SMILES string of the molecule is NC(N)=NC(N)=Nc1ccc(F)c2cc[nH]c12. The Kier molecular flexibility index (Phi) is 2.65. The lowest BCUT2D eigenvalue weighted by molar-refractivity contribution is 0.640. The third kappa shape index (κ3) is 2.17. The van der Waals surface area contributed by atoms with Gasteiger partial charge in [-0.15, -0.1) is 0 Å². The molecule has 0 unspecified atom stereocenters. The van der Waals surface area contributed by atoms with Crippen LogP contribution in [0.4, 0.5) is 10.1 Å². The van der Waals surface area contributed by atoms with Gasteiger partial charge in [0.2, 0.25) is 5.96 Å². The molecule has 0 radical (unpaired) electrons. The molecule has 0 aliphatic heterocycles. The van der Waals surface area contributed by atoms with Crippen molar-refractivity contribution in [3.8, 4) is 0 Å². The van der Waals surface area contributed by atoms with E-state index >= 15 is 0 Å². The summed E-state index contributed by atoms with van der Waals surface area (Å²) in [5, 5.41) is 0.434. The summed E-state index contributed by atoms with van der Waals surface area (Å²) in [6.07, 6.45) is 1.61. The highest BCUT2D eigenvalue weighted by Crippen LogP contribution is 2.26. The highest BCUT2D eigenvalue weighted by molar-refractivity contribution is 5.97. The number of hydrogen-bond acceptors (Lipinski definition) is 1. The number of nitrogens with one attached hydrogen (secondary N) is 1. The van der Waals surface area contributed by atoms with Gasteiger partial charge >= 0.3 is 0 Å². The van der Waals surface area contributed by atoms with Crippen molar-refractivity contribution >= 4 is 28.5 Å². The lowest BCUT2D eigenvalue weighted by Crippen LogP contribution is -2.26. The van der Waals surface area contributed by atoms with Gasteiger partial charge in [0.05, 0.1) is 11.2 Å². The molecule has 0 aliphatic carbocycles. The van der Waals surface area contributed by atoms with Crippen molar-refractivity contribution in [2.75, 3.05) is 0 Å². The van der Waals surface area contributed by atoms with Crippen LogP contribution in [-0.2, 0) is 0 Å². The zero-order valence-electron chi connectivity index (χ0n) is 8.81. The Balaban J connectivity index is 2.54. The highest BCUT2D eigenvalue weighted by atomic mass is 19.1. The Labute approximate surface area is 96.0 Å². The first kappa shape index (κ1) is 10.9. The average molecular weight is 234 g/mol. The molecule has 1 aromatic carbocycles. The standard InChI is InChI=1S/C10H11FN6/c11-6-1-2-7(8-5(6)3-4-15-8)16-10(14)17-9(12)13/h1-4,15H,(H6,12,13,14,16,17). The first-order chi connectivity index (χ1) is 8.08. The molecule has 1 heterocycles. The van der Waals surface area contributed by atoms with Gasteiger partial charge in [0.15, 0.2) is 5.96 Å². The molecule has 0 amide bonds. The second kappa shape index (κ2) is 4.12. The molecule has 88 valence electrons. The quantitative estimate of drug-likeness (QED) is 0.425. The average Bonchev–Trinajstić information content (AvgIpc) is 2.70. The van der Waals surface area contributed by atoms with E-state index in [1.165, 1.54) is 12.1 Å². The van der Waals surface area contributed by atoms with Crippen molar-refractivity contribution in [1.82, 2.24) is 4.98 Å². The molecule has 0 aliphatic rings. The lowest BCUT2D eigenvalue weighted by Gasteiger charge is -1.99. The molecule has 7 heteroatoms. The maximum atomic E-state index is 13.4. The molecular weight excluding hydrogens is 223 g/mol. The molecule has 2 aromatic rings. The van der Waals surface area contributed by atoms with Crippen molar-refractivity contribution in [2.24, 2.45) is 27.2 Å². The highest BCUT2D eigenvalue weighted by Gasteiger charge is 2.06. The number of rotatable bonds is 1. The molecular formula is C10H11FN6. The van der Waals surface area contributed by atoms with Gasteiger partial charge in [-0.1, -0.05) is 0 Å². The summed E-state index contributed by atoms with van der Waals surface area (Å²) in [5.41, 5.74) is 16.8. The molecule has 17 heavy (non-hydrogen) atoms. The van der Waals surface area contributed by atoms with Gasteiger partial charge in [-0.2, -0.15) is 4.99 Å². The molecule has 7 N–H and O–H groups in total. The van der Waals surface area contributed by atoms with Crippen LogP contribution in [0.5, 0.6) is 0 Å². The number of nitrogens with two attached hydrogens (primary N) is 3. The summed E-state index contributed by atoms with van der Waals surface area (Å²) >= 11 is 0. The number of H-pyrrole nitrogens is 1. The van der Waals surface area contributed by atoms with Gasteiger partial charge < -0.3 is 22.2 Å². The molecule has 2 rings (SSSR count). The zero-order valence-corrected chi connectivity index (χ0v) is 8.81. The van der Waals surface area contributed by atoms with Crippen LogP contribution < -0.4 is 17.2 Å². The van der Waals surface area contributed by atoms with E-state index in [0.717, 1.165) is 0 Å². The van der Waals surface area contributed by atoms with Crippen LogP contribution in [0, 0.1) is 5.82 Å². The smallest absolute Gasteiger partial charge is 0.223 e. The Morgan fingerprint density at radius 1 is 1.18 bits per heavy atom. The largest absolute Gasteiger partial charge is 0.370 e. The van der Waals surface area contributed by atoms with Crippen LogP contribution in [-0.4, -0.2) is 16.9 Å². The number of aromatic amines is 1. The predicted molar refractivity (Wildman–Crippen MR) is 65.3 cm³/mol.